The first-order valence-electron chi connectivity index (χ1n) is 11.6. The number of nitrogens with zero attached hydrogens (tertiary/aromatic N) is 1. The Morgan fingerprint density at radius 3 is 1.82 bits per heavy atom. The summed E-state index contributed by atoms with van der Waals surface area (Å²) in [5.41, 5.74) is 0. The summed E-state index contributed by atoms with van der Waals surface area (Å²) in [6, 6.07) is 0. The van der Waals surface area contributed by atoms with Gasteiger partial charge in [0.25, 0.3) is 0 Å². The van der Waals surface area contributed by atoms with Gasteiger partial charge in [0.2, 0.25) is 0 Å². The molecule has 0 saturated heterocycles. The summed E-state index contributed by atoms with van der Waals surface area (Å²) in [5, 5.41) is 0. The molecule has 0 saturated carbocycles. The summed E-state index contributed by atoms with van der Waals surface area (Å²) in [7, 11) is 4.26. The molecule has 0 N–H and O–H groups in total. The lowest BCUT2D eigenvalue weighted by Crippen LogP contribution is -2.13. The van der Waals surface area contributed by atoms with Gasteiger partial charge in [-0.15, -0.1) is 0 Å². The Balaban J connectivity index is 3.15. The summed E-state index contributed by atoms with van der Waals surface area (Å²) >= 11 is 0. The average Bonchev–Trinajstić information content (AvgIpc) is 2.67. The Kier molecular flexibility index (Phi) is 22.1. The van der Waals surface area contributed by atoms with Gasteiger partial charge in [0, 0.05) is 13.0 Å². The highest BCUT2D eigenvalue weighted by Gasteiger charge is 2.02. The molecule has 0 aromatic rings. The van der Waals surface area contributed by atoms with Crippen LogP contribution in [0.1, 0.15) is 90.4 Å². The number of carbonyl (C=O) groups excluding carboxylic acids is 1. The normalized spacial score (nSPS) is 11.3. The van der Waals surface area contributed by atoms with Crippen molar-refractivity contribution < 1.29 is 19.0 Å². The van der Waals surface area contributed by atoms with Crippen molar-refractivity contribution in [2.45, 2.75) is 90.4 Å². The fourth-order valence-corrected chi connectivity index (χ4v) is 3.00. The van der Waals surface area contributed by atoms with E-state index in [-0.39, 0.29) is 5.97 Å². The molecule has 168 valence electrons. The van der Waals surface area contributed by atoms with Crippen LogP contribution in [0.25, 0.3) is 0 Å². The maximum Gasteiger partial charge on any atom is 0.305 e. The van der Waals surface area contributed by atoms with Crippen molar-refractivity contribution in [2.75, 3.05) is 53.7 Å². The summed E-state index contributed by atoms with van der Waals surface area (Å²) in [5.74, 6) is -0.0977. The number of ether oxygens (including phenoxy) is 3. The molecule has 0 aliphatic rings. The molecular formula is C23H47NO4. The first-order valence-corrected chi connectivity index (χ1v) is 11.6. The second kappa shape index (κ2) is 22.6. The number of unbranched alkanes of at least 4 members (excludes halogenated alkanes) is 10. The van der Waals surface area contributed by atoms with Crippen molar-refractivity contribution in [3.05, 3.63) is 0 Å². The quantitative estimate of drug-likeness (QED) is 0.184. The zero-order valence-electron chi connectivity index (χ0n) is 19.0. The maximum atomic E-state index is 11.7. The molecule has 0 heterocycles. The number of carbonyl (C=O) groups is 1. The molecule has 0 rings (SSSR count). The zero-order valence-corrected chi connectivity index (χ0v) is 19.0. The van der Waals surface area contributed by atoms with Gasteiger partial charge in [-0.05, 0) is 39.9 Å². The van der Waals surface area contributed by atoms with E-state index < -0.39 is 0 Å². The van der Waals surface area contributed by atoms with Crippen LogP contribution in [0.15, 0.2) is 0 Å². The molecule has 0 bridgehead atoms. The predicted molar refractivity (Wildman–Crippen MR) is 117 cm³/mol. The lowest BCUT2D eigenvalue weighted by atomic mass is 10.1. The number of hydrogen-bond donors (Lipinski definition) is 0. The highest BCUT2D eigenvalue weighted by Crippen LogP contribution is 2.10. The fourth-order valence-electron chi connectivity index (χ4n) is 3.00. The monoisotopic (exact) mass is 401 g/mol. The van der Waals surface area contributed by atoms with Crippen LogP contribution in [0.5, 0.6) is 0 Å². The highest BCUT2D eigenvalue weighted by atomic mass is 16.6. The molecule has 0 aliphatic carbocycles. The molecule has 0 fully saturated rings. The molecule has 5 nitrogen and oxygen atoms in total. The van der Waals surface area contributed by atoms with E-state index >= 15 is 0 Å². The van der Waals surface area contributed by atoms with Gasteiger partial charge in [0.15, 0.2) is 0 Å². The Labute approximate surface area is 174 Å². The van der Waals surface area contributed by atoms with Crippen molar-refractivity contribution in [1.82, 2.24) is 4.90 Å². The van der Waals surface area contributed by atoms with Gasteiger partial charge in [-0.3, -0.25) is 4.79 Å². The van der Waals surface area contributed by atoms with E-state index in [4.69, 9.17) is 14.2 Å². The molecule has 0 amide bonds. The first-order chi connectivity index (χ1) is 13.7. The summed E-state index contributed by atoms with van der Waals surface area (Å²) in [4.78, 5) is 13.9. The van der Waals surface area contributed by atoms with Crippen LogP contribution in [-0.4, -0.2) is 64.5 Å². The molecule has 0 spiro atoms. The van der Waals surface area contributed by atoms with Gasteiger partial charge < -0.3 is 19.1 Å². The van der Waals surface area contributed by atoms with E-state index in [0.29, 0.717) is 32.8 Å². The molecule has 0 aromatic heterocycles. The minimum absolute atomic E-state index is 0.0977. The van der Waals surface area contributed by atoms with Crippen molar-refractivity contribution in [3.8, 4) is 0 Å². The molecule has 0 aliphatic heterocycles. The van der Waals surface area contributed by atoms with Crippen LogP contribution in [0, 0.1) is 0 Å². The average molecular weight is 402 g/mol. The van der Waals surface area contributed by atoms with Crippen LogP contribution in [0.3, 0.4) is 0 Å². The van der Waals surface area contributed by atoms with Crippen molar-refractivity contribution >= 4 is 5.97 Å². The first kappa shape index (κ1) is 27.4. The van der Waals surface area contributed by atoms with E-state index in [0.717, 1.165) is 25.9 Å². The lowest BCUT2D eigenvalue weighted by molar-refractivity contribution is -0.145. The largest absolute Gasteiger partial charge is 0.463 e. The Hall–Kier alpha value is -0.650. The van der Waals surface area contributed by atoms with Crippen LogP contribution in [0.4, 0.5) is 0 Å². The minimum atomic E-state index is -0.0977. The maximum absolute atomic E-state index is 11.7. The van der Waals surface area contributed by atoms with Gasteiger partial charge in [-0.1, -0.05) is 64.7 Å². The SMILES string of the molecule is CCCCCCOCCOCCOC(=O)CCCCCCCCCCN(C)C. The highest BCUT2D eigenvalue weighted by molar-refractivity contribution is 5.69. The standard InChI is InChI=1S/C23H47NO4/c1-4-5-6-15-18-26-19-20-27-21-22-28-23(25)16-13-11-9-7-8-10-12-14-17-24(2)3/h4-22H2,1-3H3. The third-order valence-corrected chi connectivity index (χ3v) is 4.74. The van der Waals surface area contributed by atoms with E-state index in [1.807, 2.05) is 0 Å². The zero-order chi connectivity index (χ0) is 20.7. The number of rotatable bonds is 22. The smallest absolute Gasteiger partial charge is 0.305 e. The fraction of sp³-hybridized carbons (Fsp3) is 0.957. The second-order valence-electron chi connectivity index (χ2n) is 7.89. The molecular weight excluding hydrogens is 354 g/mol. The van der Waals surface area contributed by atoms with Crippen molar-refractivity contribution in [1.29, 1.82) is 0 Å². The third-order valence-electron chi connectivity index (χ3n) is 4.74. The topological polar surface area (TPSA) is 48.0 Å². The Morgan fingerprint density at radius 1 is 0.643 bits per heavy atom. The summed E-state index contributed by atoms with van der Waals surface area (Å²) < 4.78 is 16.1. The number of esters is 1. The second-order valence-corrected chi connectivity index (χ2v) is 7.89. The van der Waals surface area contributed by atoms with Crippen LogP contribution >= 0.6 is 0 Å². The molecule has 28 heavy (non-hydrogen) atoms. The van der Waals surface area contributed by atoms with Gasteiger partial charge >= 0.3 is 5.97 Å². The lowest BCUT2D eigenvalue weighted by Gasteiger charge is -2.08. The van der Waals surface area contributed by atoms with Gasteiger partial charge in [-0.2, -0.15) is 0 Å². The Morgan fingerprint density at radius 2 is 1.18 bits per heavy atom. The van der Waals surface area contributed by atoms with Gasteiger partial charge in [-0.25, -0.2) is 0 Å². The van der Waals surface area contributed by atoms with E-state index in [2.05, 4.69) is 25.9 Å². The van der Waals surface area contributed by atoms with E-state index in [1.165, 1.54) is 64.3 Å². The van der Waals surface area contributed by atoms with Gasteiger partial charge in [0.05, 0.1) is 19.8 Å². The van der Waals surface area contributed by atoms with Crippen LogP contribution < -0.4 is 0 Å². The summed E-state index contributed by atoms with van der Waals surface area (Å²) in [6.45, 7) is 6.21. The van der Waals surface area contributed by atoms with Crippen LogP contribution in [0.2, 0.25) is 0 Å². The van der Waals surface area contributed by atoms with Crippen LogP contribution in [-0.2, 0) is 19.0 Å². The minimum Gasteiger partial charge on any atom is -0.463 e. The number of hydrogen-bond acceptors (Lipinski definition) is 5. The van der Waals surface area contributed by atoms with E-state index in [1.54, 1.807) is 0 Å². The molecule has 0 aromatic carbocycles. The molecule has 0 radical (unpaired) electrons. The molecule has 0 atom stereocenters. The molecule has 0 unspecified atom stereocenters. The van der Waals surface area contributed by atoms with Gasteiger partial charge in [0.1, 0.15) is 6.61 Å². The third kappa shape index (κ3) is 23.4. The van der Waals surface area contributed by atoms with Crippen molar-refractivity contribution in [3.63, 3.8) is 0 Å². The summed E-state index contributed by atoms with van der Waals surface area (Å²) in [6.07, 6.45) is 15.3. The van der Waals surface area contributed by atoms with E-state index in [9.17, 15) is 4.79 Å². The van der Waals surface area contributed by atoms with Crippen molar-refractivity contribution in [2.24, 2.45) is 0 Å². The molecule has 5 heteroatoms. The Bertz CT molecular complexity index is 324. The predicted octanol–water partition coefficient (Wildman–Crippen LogP) is 5.22.